The third-order valence-electron chi connectivity index (χ3n) is 4.11. The van der Waals surface area contributed by atoms with Gasteiger partial charge in [0.2, 0.25) is 0 Å². The number of benzene rings is 1. The highest BCUT2D eigenvalue weighted by molar-refractivity contribution is 6.30. The van der Waals surface area contributed by atoms with Crippen molar-refractivity contribution in [1.82, 2.24) is 5.32 Å². The fraction of sp³-hybridized carbons (Fsp3) is 0.571. The zero-order chi connectivity index (χ0) is 13.5. The van der Waals surface area contributed by atoms with Gasteiger partial charge in [0.15, 0.2) is 0 Å². The summed E-state index contributed by atoms with van der Waals surface area (Å²) < 4.78 is 13.4. The number of hydrogen-bond donors (Lipinski definition) is 2. The number of aliphatic hydroxyl groups is 1. The quantitative estimate of drug-likeness (QED) is 0.884. The molecule has 0 saturated heterocycles. The summed E-state index contributed by atoms with van der Waals surface area (Å²) >= 11 is 5.67. The first-order valence-electron chi connectivity index (χ1n) is 6.21. The second-order valence-electron chi connectivity index (χ2n) is 5.69. The van der Waals surface area contributed by atoms with Crippen molar-refractivity contribution in [3.8, 4) is 0 Å². The molecule has 0 amide bonds. The number of hydrogen-bond acceptors (Lipinski definition) is 2. The Morgan fingerprint density at radius 2 is 2.17 bits per heavy atom. The molecule has 2 nitrogen and oxygen atoms in total. The first-order valence-corrected chi connectivity index (χ1v) is 6.59. The molecule has 0 heterocycles. The van der Waals surface area contributed by atoms with E-state index in [1.165, 1.54) is 6.07 Å². The average molecular weight is 272 g/mol. The van der Waals surface area contributed by atoms with Gasteiger partial charge in [-0.15, -0.1) is 0 Å². The summed E-state index contributed by atoms with van der Waals surface area (Å²) in [5, 5.41) is 13.3. The summed E-state index contributed by atoms with van der Waals surface area (Å²) in [5.74, 6) is -0.393. The fourth-order valence-electron chi connectivity index (χ4n) is 2.37. The predicted octanol–water partition coefficient (Wildman–Crippen LogP) is 3.29. The molecule has 0 bridgehead atoms. The van der Waals surface area contributed by atoms with Crippen molar-refractivity contribution in [3.63, 3.8) is 0 Å². The van der Waals surface area contributed by atoms with Crippen LogP contribution in [0.4, 0.5) is 4.39 Å². The van der Waals surface area contributed by atoms with Crippen LogP contribution in [0.25, 0.3) is 0 Å². The van der Waals surface area contributed by atoms with E-state index in [2.05, 4.69) is 5.32 Å². The molecular formula is C14H19ClFNO. The van der Waals surface area contributed by atoms with E-state index in [1.807, 2.05) is 26.8 Å². The molecule has 1 aromatic rings. The second-order valence-corrected chi connectivity index (χ2v) is 6.09. The summed E-state index contributed by atoms with van der Waals surface area (Å²) in [6.07, 6.45) is 0.483. The summed E-state index contributed by atoms with van der Waals surface area (Å²) in [6.45, 7) is 6.06. The topological polar surface area (TPSA) is 32.3 Å². The zero-order valence-corrected chi connectivity index (χ0v) is 11.6. The van der Waals surface area contributed by atoms with Crippen LogP contribution in [0.1, 0.15) is 38.8 Å². The Morgan fingerprint density at radius 3 is 2.67 bits per heavy atom. The van der Waals surface area contributed by atoms with Crippen molar-refractivity contribution in [2.75, 3.05) is 0 Å². The van der Waals surface area contributed by atoms with Gasteiger partial charge in [-0.05, 0) is 31.0 Å². The molecule has 1 aliphatic rings. The molecule has 1 aromatic carbocycles. The van der Waals surface area contributed by atoms with Crippen LogP contribution in [0.3, 0.4) is 0 Å². The smallest absolute Gasteiger partial charge is 0.142 e. The standard InChI is InChI=1S/C14H19ClFNO/c1-8(9-4-5-10(15)11(16)6-9)17-12-7-13(18)14(12,2)3/h4-6,8,12-13,17-18H,7H2,1-3H3. The normalized spacial score (nSPS) is 27.7. The summed E-state index contributed by atoms with van der Waals surface area (Å²) in [6, 6.07) is 5.15. The minimum absolute atomic E-state index is 0.0357. The van der Waals surface area contributed by atoms with Gasteiger partial charge < -0.3 is 10.4 Å². The van der Waals surface area contributed by atoms with Gasteiger partial charge in [0, 0.05) is 17.5 Å². The van der Waals surface area contributed by atoms with Crippen molar-refractivity contribution < 1.29 is 9.50 Å². The molecule has 100 valence electrons. The van der Waals surface area contributed by atoms with Crippen LogP contribution in [0, 0.1) is 11.2 Å². The van der Waals surface area contributed by atoms with E-state index in [1.54, 1.807) is 6.07 Å². The molecule has 4 heteroatoms. The van der Waals surface area contributed by atoms with Crippen LogP contribution in [0.5, 0.6) is 0 Å². The monoisotopic (exact) mass is 271 g/mol. The molecule has 2 rings (SSSR count). The predicted molar refractivity (Wildman–Crippen MR) is 71.2 cm³/mol. The molecule has 0 aliphatic heterocycles. The SMILES string of the molecule is CC(NC1CC(O)C1(C)C)c1ccc(Cl)c(F)c1. The average Bonchev–Trinajstić information content (AvgIpc) is 2.32. The molecular weight excluding hydrogens is 253 g/mol. The summed E-state index contributed by atoms with van der Waals surface area (Å²) in [7, 11) is 0. The van der Waals surface area contributed by atoms with E-state index in [9.17, 15) is 9.50 Å². The van der Waals surface area contributed by atoms with Crippen LogP contribution in [0.15, 0.2) is 18.2 Å². The van der Waals surface area contributed by atoms with Crippen LogP contribution in [-0.4, -0.2) is 17.3 Å². The fourth-order valence-corrected chi connectivity index (χ4v) is 2.48. The molecule has 3 unspecified atom stereocenters. The minimum Gasteiger partial charge on any atom is -0.392 e. The lowest BCUT2D eigenvalue weighted by atomic mass is 9.64. The van der Waals surface area contributed by atoms with Crippen molar-refractivity contribution in [2.45, 2.75) is 45.4 Å². The lowest BCUT2D eigenvalue weighted by Crippen LogP contribution is -2.60. The van der Waals surface area contributed by atoms with Gasteiger partial charge in [-0.2, -0.15) is 0 Å². The van der Waals surface area contributed by atoms with Crippen LogP contribution >= 0.6 is 11.6 Å². The maximum atomic E-state index is 13.4. The lowest BCUT2D eigenvalue weighted by Gasteiger charge is -2.50. The molecule has 3 atom stereocenters. The van der Waals surface area contributed by atoms with Gasteiger partial charge in [-0.25, -0.2) is 4.39 Å². The molecule has 0 spiro atoms. The number of rotatable bonds is 3. The van der Waals surface area contributed by atoms with Crippen LogP contribution in [0.2, 0.25) is 5.02 Å². The van der Waals surface area contributed by atoms with E-state index in [0.717, 1.165) is 12.0 Å². The van der Waals surface area contributed by atoms with Crippen molar-refractivity contribution in [2.24, 2.45) is 5.41 Å². The highest BCUT2D eigenvalue weighted by Gasteiger charge is 2.47. The van der Waals surface area contributed by atoms with Crippen LogP contribution in [-0.2, 0) is 0 Å². The third kappa shape index (κ3) is 2.40. The van der Waals surface area contributed by atoms with Crippen molar-refractivity contribution in [3.05, 3.63) is 34.6 Å². The van der Waals surface area contributed by atoms with Crippen molar-refractivity contribution in [1.29, 1.82) is 0 Å². The summed E-state index contributed by atoms with van der Waals surface area (Å²) in [4.78, 5) is 0. The molecule has 1 aliphatic carbocycles. The molecule has 18 heavy (non-hydrogen) atoms. The molecule has 0 aromatic heterocycles. The first kappa shape index (κ1) is 13.8. The first-order chi connectivity index (χ1) is 8.32. The van der Waals surface area contributed by atoms with Gasteiger partial charge in [0.25, 0.3) is 0 Å². The molecule has 1 fully saturated rings. The Labute approximate surface area is 112 Å². The second kappa shape index (κ2) is 4.80. The van der Waals surface area contributed by atoms with Gasteiger partial charge in [-0.3, -0.25) is 0 Å². The van der Waals surface area contributed by atoms with E-state index < -0.39 is 5.82 Å². The van der Waals surface area contributed by atoms with Gasteiger partial charge in [0.1, 0.15) is 5.82 Å². The zero-order valence-electron chi connectivity index (χ0n) is 10.9. The van der Waals surface area contributed by atoms with E-state index in [4.69, 9.17) is 11.6 Å². The number of aliphatic hydroxyl groups excluding tert-OH is 1. The Balaban J connectivity index is 2.04. The molecule has 2 N–H and O–H groups in total. The van der Waals surface area contributed by atoms with Gasteiger partial charge in [0.05, 0.1) is 11.1 Å². The largest absolute Gasteiger partial charge is 0.392 e. The Morgan fingerprint density at radius 1 is 1.50 bits per heavy atom. The van der Waals surface area contributed by atoms with Gasteiger partial charge in [-0.1, -0.05) is 31.5 Å². The Hall–Kier alpha value is -0.640. The Kier molecular flexibility index (Phi) is 3.67. The molecule has 1 saturated carbocycles. The van der Waals surface area contributed by atoms with E-state index >= 15 is 0 Å². The third-order valence-corrected chi connectivity index (χ3v) is 4.42. The molecule has 0 radical (unpaired) electrons. The maximum Gasteiger partial charge on any atom is 0.142 e. The van der Waals surface area contributed by atoms with Gasteiger partial charge >= 0.3 is 0 Å². The Bertz CT molecular complexity index is 449. The number of nitrogens with one attached hydrogen (secondary N) is 1. The number of halogens is 2. The highest BCUT2D eigenvalue weighted by Crippen LogP contribution is 2.41. The maximum absolute atomic E-state index is 13.4. The van der Waals surface area contributed by atoms with Crippen molar-refractivity contribution >= 4 is 11.6 Å². The summed E-state index contributed by atoms with van der Waals surface area (Å²) in [5.41, 5.74) is 0.744. The highest BCUT2D eigenvalue weighted by atomic mass is 35.5. The van der Waals surface area contributed by atoms with Crippen LogP contribution < -0.4 is 5.32 Å². The minimum atomic E-state index is -0.393. The van der Waals surface area contributed by atoms with E-state index in [-0.39, 0.29) is 28.6 Å². The van der Waals surface area contributed by atoms with E-state index in [0.29, 0.717) is 0 Å². The lowest BCUT2D eigenvalue weighted by molar-refractivity contribution is -0.0754.